The first-order chi connectivity index (χ1) is 8.30. The van der Waals surface area contributed by atoms with Crippen LogP contribution in [0.1, 0.15) is 32.3 Å². The van der Waals surface area contributed by atoms with Gasteiger partial charge in [-0.15, -0.1) is 0 Å². The molecule has 0 saturated heterocycles. The molecule has 5 heteroatoms. The molecule has 2 N–H and O–H groups in total. The van der Waals surface area contributed by atoms with E-state index in [0.717, 1.165) is 12.1 Å². The van der Waals surface area contributed by atoms with E-state index in [-0.39, 0.29) is 12.0 Å². The molecule has 2 unspecified atom stereocenters. The highest BCUT2D eigenvalue weighted by Gasteiger charge is 2.38. The number of benzene rings is 1. The minimum Gasteiger partial charge on any atom is -0.481 e. The first-order valence-corrected chi connectivity index (χ1v) is 5.71. The van der Waals surface area contributed by atoms with Gasteiger partial charge in [-0.25, -0.2) is 8.78 Å². The Morgan fingerprint density at radius 3 is 2.44 bits per heavy atom. The van der Waals surface area contributed by atoms with Gasteiger partial charge in [-0.2, -0.15) is 0 Å². The maximum Gasteiger partial charge on any atom is 0.309 e. The van der Waals surface area contributed by atoms with E-state index >= 15 is 0 Å². The van der Waals surface area contributed by atoms with Crippen LogP contribution in [0.4, 0.5) is 8.78 Å². The van der Waals surface area contributed by atoms with Crippen molar-refractivity contribution in [1.82, 2.24) is 0 Å². The summed E-state index contributed by atoms with van der Waals surface area (Å²) >= 11 is 0. The van der Waals surface area contributed by atoms with Crippen LogP contribution >= 0.6 is 0 Å². The Morgan fingerprint density at radius 2 is 2.00 bits per heavy atom. The van der Waals surface area contributed by atoms with Crippen molar-refractivity contribution in [3.05, 3.63) is 35.4 Å². The zero-order valence-corrected chi connectivity index (χ0v) is 10.3. The lowest BCUT2D eigenvalue weighted by molar-refractivity contribution is -0.152. The van der Waals surface area contributed by atoms with E-state index in [2.05, 4.69) is 0 Å². The van der Waals surface area contributed by atoms with E-state index in [1.807, 2.05) is 0 Å². The molecule has 1 aromatic rings. The van der Waals surface area contributed by atoms with Gasteiger partial charge in [0.1, 0.15) is 5.60 Å². The molecular formula is C13H16F2O3. The Hall–Kier alpha value is -1.49. The van der Waals surface area contributed by atoms with Gasteiger partial charge in [0, 0.05) is 0 Å². The fourth-order valence-electron chi connectivity index (χ4n) is 1.95. The van der Waals surface area contributed by atoms with Crippen molar-refractivity contribution in [3.8, 4) is 0 Å². The first-order valence-electron chi connectivity index (χ1n) is 5.71. The summed E-state index contributed by atoms with van der Waals surface area (Å²) < 4.78 is 25.9. The van der Waals surface area contributed by atoms with Crippen molar-refractivity contribution < 1.29 is 23.8 Å². The molecule has 0 aliphatic carbocycles. The number of aliphatic carboxylic acids is 1. The van der Waals surface area contributed by atoms with Crippen molar-refractivity contribution in [2.45, 2.75) is 32.3 Å². The van der Waals surface area contributed by atoms with Crippen LogP contribution in [-0.2, 0) is 10.4 Å². The monoisotopic (exact) mass is 258 g/mol. The summed E-state index contributed by atoms with van der Waals surface area (Å²) in [4.78, 5) is 11.1. The van der Waals surface area contributed by atoms with Crippen LogP contribution in [0.3, 0.4) is 0 Å². The van der Waals surface area contributed by atoms with Gasteiger partial charge in [0.05, 0.1) is 5.92 Å². The predicted octanol–water partition coefficient (Wildman–Crippen LogP) is 2.67. The molecule has 0 amide bonds. The van der Waals surface area contributed by atoms with Gasteiger partial charge in [-0.05, 0) is 31.0 Å². The molecule has 100 valence electrons. The summed E-state index contributed by atoms with van der Waals surface area (Å²) in [7, 11) is 0. The quantitative estimate of drug-likeness (QED) is 0.853. The number of aliphatic hydroxyl groups is 1. The van der Waals surface area contributed by atoms with Crippen LogP contribution in [0.5, 0.6) is 0 Å². The largest absolute Gasteiger partial charge is 0.481 e. The molecule has 0 radical (unpaired) electrons. The van der Waals surface area contributed by atoms with Gasteiger partial charge in [0.2, 0.25) is 0 Å². The lowest BCUT2D eigenvalue weighted by Gasteiger charge is -2.30. The number of carbonyl (C=O) groups is 1. The molecule has 0 spiro atoms. The normalized spacial score (nSPS) is 16.1. The van der Waals surface area contributed by atoms with Crippen LogP contribution in [0.2, 0.25) is 0 Å². The summed E-state index contributed by atoms with van der Waals surface area (Å²) in [5.41, 5.74) is -1.68. The Kier molecular flexibility index (Phi) is 4.40. The highest BCUT2D eigenvalue weighted by molar-refractivity contribution is 5.71. The third kappa shape index (κ3) is 2.85. The molecular weight excluding hydrogens is 242 g/mol. The molecule has 0 fully saturated rings. The Balaban J connectivity index is 3.16. The molecule has 2 atom stereocenters. The number of carboxylic acid groups (broad SMARTS) is 1. The minimum atomic E-state index is -1.74. The minimum absolute atomic E-state index is 0.0576. The zero-order chi connectivity index (χ0) is 13.9. The Bertz CT molecular complexity index is 444. The van der Waals surface area contributed by atoms with Gasteiger partial charge in [-0.3, -0.25) is 4.79 Å². The van der Waals surface area contributed by atoms with E-state index in [9.17, 15) is 18.7 Å². The van der Waals surface area contributed by atoms with Crippen LogP contribution in [0.25, 0.3) is 0 Å². The third-order valence-corrected chi connectivity index (χ3v) is 3.06. The van der Waals surface area contributed by atoms with Crippen LogP contribution < -0.4 is 0 Å². The van der Waals surface area contributed by atoms with E-state index in [4.69, 9.17) is 5.11 Å². The average Bonchev–Trinajstić information content (AvgIpc) is 2.28. The van der Waals surface area contributed by atoms with Gasteiger partial charge < -0.3 is 10.2 Å². The van der Waals surface area contributed by atoms with Crippen LogP contribution in [-0.4, -0.2) is 16.2 Å². The second-order valence-electron chi connectivity index (χ2n) is 4.46. The fourth-order valence-corrected chi connectivity index (χ4v) is 1.95. The van der Waals surface area contributed by atoms with Crippen molar-refractivity contribution in [2.75, 3.05) is 0 Å². The summed E-state index contributed by atoms with van der Waals surface area (Å²) in [6.07, 6.45) is 0.818. The van der Waals surface area contributed by atoms with Crippen LogP contribution in [0, 0.1) is 17.6 Å². The number of halogens is 2. The molecule has 3 nitrogen and oxygen atoms in total. The van der Waals surface area contributed by atoms with E-state index in [1.165, 1.54) is 13.0 Å². The second kappa shape index (κ2) is 5.44. The molecule has 1 aromatic carbocycles. The average molecular weight is 258 g/mol. The second-order valence-corrected chi connectivity index (χ2v) is 4.46. The highest BCUT2D eigenvalue weighted by Crippen LogP contribution is 2.33. The highest BCUT2D eigenvalue weighted by atomic mass is 19.2. The van der Waals surface area contributed by atoms with Gasteiger partial charge in [0.25, 0.3) is 0 Å². The molecule has 18 heavy (non-hydrogen) atoms. The lowest BCUT2D eigenvalue weighted by Crippen LogP contribution is -2.37. The number of rotatable bonds is 5. The van der Waals surface area contributed by atoms with Crippen molar-refractivity contribution in [3.63, 3.8) is 0 Å². The maximum atomic E-state index is 13.1. The van der Waals surface area contributed by atoms with Crippen molar-refractivity contribution in [2.24, 2.45) is 5.92 Å². The molecule has 1 rings (SSSR count). The maximum absolute atomic E-state index is 13.1. The van der Waals surface area contributed by atoms with Gasteiger partial charge in [-0.1, -0.05) is 19.4 Å². The molecule has 0 aliphatic heterocycles. The standard InChI is InChI=1S/C13H16F2O3/c1-3-4-9(12(16)17)13(2,18)8-5-6-10(14)11(15)7-8/h5-7,9,18H,3-4H2,1-2H3,(H,16,17). The van der Waals surface area contributed by atoms with Gasteiger partial charge in [0.15, 0.2) is 11.6 Å². The number of hydrogen-bond acceptors (Lipinski definition) is 2. The Labute approximate surface area is 104 Å². The molecule has 0 saturated carbocycles. The van der Waals surface area contributed by atoms with Crippen LogP contribution in [0.15, 0.2) is 18.2 Å². The lowest BCUT2D eigenvalue weighted by atomic mass is 9.80. The number of carboxylic acids is 1. The number of hydrogen-bond donors (Lipinski definition) is 2. The van der Waals surface area contributed by atoms with E-state index in [0.29, 0.717) is 6.42 Å². The summed E-state index contributed by atoms with van der Waals surface area (Å²) in [5.74, 6) is -4.36. The zero-order valence-electron chi connectivity index (χ0n) is 10.3. The molecule has 0 heterocycles. The smallest absolute Gasteiger partial charge is 0.309 e. The SMILES string of the molecule is CCCC(C(=O)O)C(C)(O)c1ccc(F)c(F)c1. The summed E-state index contributed by atoms with van der Waals surface area (Å²) in [6.45, 7) is 3.09. The van der Waals surface area contributed by atoms with E-state index in [1.54, 1.807) is 6.92 Å². The summed E-state index contributed by atoms with van der Waals surface area (Å²) in [6, 6.07) is 2.91. The predicted molar refractivity (Wildman–Crippen MR) is 62.0 cm³/mol. The fraction of sp³-hybridized carbons (Fsp3) is 0.462. The summed E-state index contributed by atoms with van der Waals surface area (Å²) in [5, 5.41) is 19.4. The molecule has 0 bridgehead atoms. The Morgan fingerprint density at radius 1 is 1.39 bits per heavy atom. The van der Waals surface area contributed by atoms with Crippen molar-refractivity contribution in [1.29, 1.82) is 0 Å². The molecule has 0 aromatic heterocycles. The molecule has 0 aliphatic rings. The third-order valence-electron chi connectivity index (χ3n) is 3.06. The van der Waals surface area contributed by atoms with Gasteiger partial charge >= 0.3 is 5.97 Å². The van der Waals surface area contributed by atoms with E-state index < -0.39 is 29.1 Å². The first kappa shape index (κ1) is 14.6. The topological polar surface area (TPSA) is 57.5 Å². The van der Waals surface area contributed by atoms with Crippen molar-refractivity contribution >= 4 is 5.97 Å².